The number of fused-ring (bicyclic) bond motifs is 10. The van der Waals surface area contributed by atoms with Crippen molar-refractivity contribution in [3.63, 3.8) is 0 Å². The largest absolute Gasteiger partial charge is 0.313 e. The first kappa shape index (κ1) is 24.9. The fraction of sp³-hybridized carbons (Fsp3) is 0.0952. The monoisotopic (exact) mass is 577 g/mol. The number of aryl methyl sites for hydroxylation is 1. The predicted molar refractivity (Wildman–Crippen MR) is 189 cm³/mol. The van der Waals surface area contributed by atoms with Gasteiger partial charge in [-0.3, -0.25) is 0 Å². The van der Waals surface area contributed by atoms with E-state index in [-0.39, 0.29) is 0 Å². The first-order valence-corrected chi connectivity index (χ1v) is 16.1. The molecule has 0 aliphatic heterocycles. The molecule has 0 amide bonds. The highest BCUT2D eigenvalue weighted by Gasteiger charge is 2.25. The summed E-state index contributed by atoms with van der Waals surface area (Å²) in [7, 11) is 0. The summed E-state index contributed by atoms with van der Waals surface area (Å²) in [4.78, 5) is 0. The maximum absolute atomic E-state index is 2.58. The van der Waals surface area contributed by atoms with Crippen LogP contribution in [0.2, 0.25) is 0 Å². The lowest BCUT2D eigenvalue weighted by Crippen LogP contribution is -2.07. The van der Waals surface area contributed by atoms with Crippen LogP contribution in [0.25, 0.3) is 71.6 Å². The minimum Gasteiger partial charge on any atom is -0.313 e. The Balaban J connectivity index is 1.28. The average molecular weight is 578 g/mol. The summed E-state index contributed by atoms with van der Waals surface area (Å²) in [5.41, 5.74) is 13.0. The third kappa shape index (κ3) is 3.47. The van der Waals surface area contributed by atoms with Gasteiger partial charge < -0.3 is 13.7 Å². The molecule has 10 rings (SSSR count). The summed E-state index contributed by atoms with van der Waals surface area (Å²) in [6, 6.07) is 51.2. The molecule has 3 heteroatoms. The van der Waals surface area contributed by atoms with Crippen molar-refractivity contribution in [3.05, 3.63) is 151 Å². The van der Waals surface area contributed by atoms with Crippen LogP contribution in [0.1, 0.15) is 24.1 Å². The third-order valence-corrected chi connectivity index (χ3v) is 10.0. The molecule has 0 saturated carbocycles. The number of para-hydroxylation sites is 4. The van der Waals surface area contributed by atoms with E-state index in [2.05, 4.69) is 153 Å². The number of benzene rings is 6. The Bertz CT molecular complexity index is 2540. The summed E-state index contributed by atoms with van der Waals surface area (Å²) in [6.45, 7) is 0. The molecular formula is C42H31N3. The van der Waals surface area contributed by atoms with Gasteiger partial charge in [0.25, 0.3) is 0 Å². The molecule has 45 heavy (non-hydrogen) atoms. The maximum atomic E-state index is 2.58. The molecule has 0 bridgehead atoms. The van der Waals surface area contributed by atoms with E-state index in [9.17, 15) is 0 Å². The molecule has 1 aliphatic rings. The molecule has 0 N–H and O–H groups in total. The summed E-state index contributed by atoms with van der Waals surface area (Å²) in [5.74, 6) is 0. The van der Waals surface area contributed by atoms with Crippen molar-refractivity contribution in [3.8, 4) is 17.1 Å². The summed E-state index contributed by atoms with van der Waals surface area (Å²) in [5, 5.41) is 6.71. The first-order valence-electron chi connectivity index (χ1n) is 16.1. The molecule has 3 aromatic heterocycles. The number of rotatable bonds is 3. The van der Waals surface area contributed by atoms with Gasteiger partial charge in [-0.25, -0.2) is 0 Å². The van der Waals surface area contributed by atoms with Crippen LogP contribution in [0.3, 0.4) is 0 Å². The molecular weight excluding hydrogens is 546 g/mol. The van der Waals surface area contributed by atoms with E-state index in [1.165, 1.54) is 95.7 Å². The van der Waals surface area contributed by atoms with Gasteiger partial charge in [0.2, 0.25) is 0 Å². The molecule has 9 aromatic rings. The molecule has 1 aliphatic carbocycles. The van der Waals surface area contributed by atoms with Crippen molar-refractivity contribution in [1.82, 2.24) is 13.7 Å². The van der Waals surface area contributed by atoms with Gasteiger partial charge in [0, 0.05) is 49.7 Å². The number of nitrogens with zero attached hydrogens (tertiary/aromatic N) is 3. The molecule has 214 valence electrons. The van der Waals surface area contributed by atoms with E-state index in [0.717, 1.165) is 12.8 Å². The zero-order valence-corrected chi connectivity index (χ0v) is 24.9. The van der Waals surface area contributed by atoms with Crippen molar-refractivity contribution in [2.24, 2.45) is 0 Å². The average Bonchev–Trinajstić information content (AvgIpc) is 3.74. The standard InChI is InChI=1S/C42H31N3/c1-2-13-28(14-3-1)43-37-23-10-6-19-33(37)41-39(43)25-26-40-42(41)34-20-7-11-24-38(34)45(40)30-16-12-15-29(27-30)44-35-21-8-4-17-31(35)32-18-5-9-22-36(32)44/h1-6,8-10,12-19,21-23,25-27H,7,11,20,24H2. The fourth-order valence-corrected chi connectivity index (χ4v) is 8.21. The predicted octanol–water partition coefficient (Wildman–Crippen LogP) is 10.7. The minimum absolute atomic E-state index is 1.10. The van der Waals surface area contributed by atoms with Crippen LogP contribution in [0, 0.1) is 0 Å². The second-order valence-corrected chi connectivity index (χ2v) is 12.4. The van der Waals surface area contributed by atoms with Crippen LogP contribution in [-0.4, -0.2) is 13.7 Å². The van der Waals surface area contributed by atoms with Gasteiger partial charge in [0.1, 0.15) is 0 Å². The quantitative estimate of drug-likeness (QED) is 0.198. The second-order valence-electron chi connectivity index (χ2n) is 12.4. The minimum atomic E-state index is 1.10. The Morgan fingerprint density at radius 3 is 1.58 bits per heavy atom. The highest BCUT2D eigenvalue weighted by atomic mass is 15.0. The topological polar surface area (TPSA) is 14.8 Å². The fourth-order valence-electron chi connectivity index (χ4n) is 8.21. The van der Waals surface area contributed by atoms with Crippen molar-refractivity contribution in [1.29, 1.82) is 0 Å². The Hall–Kier alpha value is -5.54. The molecule has 3 heterocycles. The van der Waals surface area contributed by atoms with Gasteiger partial charge in [-0.05, 0) is 91.9 Å². The van der Waals surface area contributed by atoms with E-state index >= 15 is 0 Å². The van der Waals surface area contributed by atoms with E-state index in [1.807, 2.05) is 0 Å². The van der Waals surface area contributed by atoms with E-state index in [0.29, 0.717) is 0 Å². The SMILES string of the molecule is c1ccc(-n2c3ccccc3c3c4c5c(n(-c6cccc(-n7c8ccccc8c8ccccc87)c6)c4ccc32)CCCC5)cc1. The Kier molecular flexibility index (Phi) is 5.23. The highest BCUT2D eigenvalue weighted by molar-refractivity contribution is 6.22. The van der Waals surface area contributed by atoms with Crippen LogP contribution in [-0.2, 0) is 12.8 Å². The molecule has 0 radical (unpaired) electrons. The Morgan fingerprint density at radius 2 is 0.867 bits per heavy atom. The summed E-state index contributed by atoms with van der Waals surface area (Å²) in [6.07, 6.45) is 4.68. The van der Waals surface area contributed by atoms with Gasteiger partial charge in [-0.15, -0.1) is 0 Å². The number of aromatic nitrogens is 3. The smallest absolute Gasteiger partial charge is 0.0548 e. The zero-order valence-electron chi connectivity index (χ0n) is 24.9. The van der Waals surface area contributed by atoms with Crippen LogP contribution in [0.4, 0.5) is 0 Å². The highest BCUT2D eigenvalue weighted by Crippen LogP contribution is 2.43. The van der Waals surface area contributed by atoms with Gasteiger partial charge in [-0.1, -0.05) is 78.9 Å². The summed E-state index contributed by atoms with van der Waals surface area (Å²) >= 11 is 0. The normalized spacial score (nSPS) is 13.4. The van der Waals surface area contributed by atoms with Crippen molar-refractivity contribution < 1.29 is 0 Å². The van der Waals surface area contributed by atoms with E-state index in [4.69, 9.17) is 0 Å². The molecule has 0 atom stereocenters. The van der Waals surface area contributed by atoms with Crippen molar-refractivity contribution in [2.45, 2.75) is 25.7 Å². The van der Waals surface area contributed by atoms with Gasteiger partial charge >= 0.3 is 0 Å². The molecule has 3 nitrogen and oxygen atoms in total. The Labute approximate surface area is 261 Å². The van der Waals surface area contributed by atoms with Crippen LogP contribution in [0.15, 0.2) is 140 Å². The molecule has 0 fully saturated rings. The third-order valence-electron chi connectivity index (χ3n) is 10.0. The van der Waals surface area contributed by atoms with Crippen molar-refractivity contribution >= 4 is 54.5 Å². The summed E-state index contributed by atoms with van der Waals surface area (Å²) < 4.78 is 7.45. The van der Waals surface area contributed by atoms with Crippen molar-refractivity contribution in [2.75, 3.05) is 0 Å². The lowest BCUT2D eigenvalue weighted by atomic mass is 9.94. The number of hydrogen-bond donors (Lipinski definition) is 0. The van der Waals surface area contributed by atoms with Crippen LogP contribution >= 0.6 is 0 Å². The maximum Gasteiger partial charge on any atom is 0.0548 e. The van der Waals surface area contributed by atoms with Gasteiger partial charge in [0.05, 0.1) is 27.6 Å². The van der Waals surface area contributed by atoms with Crippen LogP contribution < -0.4 is 0 Å². The molecule has 0 unspecified atom stereocenters. The lowest BCUT2D eigenvalue weighted by Gasteiger charge is -2.17. The van der Waals surface area contributed by atoms with E-state index in [1.54, 1.807) is 0 Å². The first-order chi connectivity index (χ1) is 22.4. The zero-order chi connectivity index (χ0) is 29.5. The van der Waals surface area contributed by atoms with Gasteiger partial charge in [0.15, 0.2) is 0 Å². The molecule has 6 aromatic carbocycles. The molecule has 0 saturated heterocycles. The Morgan fingerprint density at radius 1 is 0.356 bits per heavy atom. The van der Waals surface area contributed by atoms with Gasteiger partial charge in [-0.2, -0.15) is 0 Å². The molecule has 0 spiro atoms. The number of hydrogen-bond acceptors (Lipinski definition) is 0. The lowest BCUT2D eigenvalue weighted by molar-refractivity contribution is 0.667. The van der Waals surface area contributed by atoms with E-state index < -0.39 is 0 Å². The van der Waals surface area contributed by atoms with Crippen LogP contribution in [0.5, 0.6) is 0 Å². The second kappa shape index (κ2) is 9.48.